The summed E-state index contributed by atoms with van der Waals surface area (Å²) in [6, 6.07) is 1.15. The van der Waals surface area contributed by atoms with Gasteiger partial charge in [0, 0.05) is 28.8 Å². The number of hydrogen-bond donors (Lipinski definition) is 1. The SMILES string of the molecule is FC(F)(F)c1cnc(C2CNC2)c(I)c1. The molecule has 82 valence electrons. The van der Waals surface area contributed by atoms with Crippen molar-refractivity contribution in [3.8, 4) is 0 Å². The minimum atomic E-state index is -4.30. The average molecular weight is 328 g/mol. The zero-order valence-corrected chi connectivity index (χ0v) is 9.76. The van der Waals surface area contributed by atoms with Gasteiger partial charge in [0.15, 0.2) is 0 Å². The molecule has 0 amide bonds. The summed E-state index contributed by atoms with van der Waals surface area (Å²) in [4.78, 5) is 3.90. The number of nitrogens with zero attached hydrogens (tertiary/aromatic N) is 1. The number of halogens is 4. The Morgan fingerprint density at radius 1 is 1.40 bits per heavy atom. The fraction of sp³-hybridized carbons (Fsp3) is 0.444. The van der Waals surface area contributed by atoms with Crippen molar-refractivity contribution < 1.29 is 13.2 Å². The van der Waals surface area contributed by atoms with Crippen LogP contribution in [0.5, 0.6) is 0 Å². The van der Waals surface area contributed by atoms with Gasteiger partial charge in [0.25, 0.3) is 0 Å². The van der Waals surface area contributed by atoms with Crippen LogP contribution >= 0.6 is 22.6 Å². The molecule has 0 spiro atoms. The smallest absolute Gasteiger partial charge is 0.315 e. The van der Waals surface area contributed by atoms with E-state index in [-0.39, 0.29) is 5.92 Å². The maximum Gasteiger partial charge on any atom is 0.417 e. The molecule has 2 nitrogen and oxygen atoms in total. The molecule has 1 aromatic heterocycles. The number of nitrogens with one attached hydrogen (secondary N) is 1. The van der Waals surface area contributed by atoms with Crippen LogP contribution in [-0.2, 0) is 6.18 Å². The van der Waals surface area contributed by atoms with E-state index in [9.17, 15) is 13.2 Å². The predicted molar refractivity (Wildman–Crippen MR) is 57.6 cm³/mol. The zero-order chi connectivity index (χ0) is 11.1. The van der Waals surface area contributed by atoms with Gasteiger partial charge in [-0.25, -0.2) is 0 Å². The summed E-state index contributed by atoms with van der Waals surface area (Å²) in [5, 5.41) is 3.07. The van der Waals surface area contributed by atoms with Crippen molar-refractivity contribution in [2.45, 2.75) is 12.1 Å². The third kappa shape index (κ3) is 2.25. The van der Waals surface area contributed by atoms with E-state index in [2.05, 4.69) is 10.3 Å². The second-order valence-electron chi connectivity index (χ2n) is 3.44. The number of aromatic nitrogens is 1. The van der Waals surface area contributed by atoms with E-state index in [1.54, 1.807) is 0 Å². The molecule has 2 heterocycles. The Kier molecular flexibility index (Phi) is 2.89. The lowest BCUT2D eigenvalue weighted by Gasteiger charge is -2.27. The molecule has 0 saturated carbocycles. The van der Waals surface area contributed by atoms with Crippen molar-refractivity contribution in [2.24, 2.45) is 0 Å². The number of alkyl halides is 3. The summed E-state index contributed by atoms with van der Waals surface area (Å²) in [6.45, 7) is 1.60. The number of hydrogen-bond acceptors (Lipinski definition) is 2. The quantitative estimate of drug-likeness (QED) is 0.801. The summed E-state index contributed by atoms with van der Waals surface area (Å²) in [7, 11) is 0. The lowest BCUT2D eigenvalue weighted by molar-refractivity contribution is -0.137. The molecule has 1 aromatic rings. The monoisotopic (exact) mass is 328 g/mol. The normalized spacial score (nSPS) is 17.6. The molecule has 15 heavy (non-hydrogen) atoms. The van der Waals surface area contributed by atoms with Gasteiger partial charge < -0.3 is 5.32 Å². The molecule has 0 bridgehead atoms. The van der Waals surface area contributed by atoms with E-state index in [0.29, 0.717) is 3.57 Å². The van der Waals surface area contributed by atoms with E-state index in [1.807, 2.05) is 22.6 Å². The first-order chi connectivity index (χ1) is 6.98. The maximum absolute atomic E-state index is 12.3. The van der Waals surface area contributed by atoms with Gasteiger partial charge in [-0.1, -0.05) is 0 Å². The van der Waals surface area contributed by atoms with Crippen molar-refractivity contribution >= 4 is 22.6 Å². The lowest BCUT2D eigenvalue weighted by atomic mass is 9.98. The van der Waals surface area contributed by atoms with Crippen molar-refractivity contribution in [2.75, 3.05) is 13.1 Å². The summed E-state index contributed by atoms with van der Waals surface area (Å²) in [5.74, 6) is 0.263. The first-order valence-corrected chi connectivity index (χ1v) is 5.49. The van der Waals surface area contributed by atoms with Crippen molar-refractivity contribution in [3.05, 3.63) is 27.1 Å². The topological polar surface area (TPSA) is 24.9 Å². The lowest BCUT2D eigenvalue weighted by Crippen LogP contribution is -2.40. The Morgan fingerprint density at radius 3 is 2.47 bits per heavy atom. The molecule has 6 heteroatoms. The van der Waals surface area contributed by atoms with Gasteiger partial charge in [0.05, 0.1) is 11.3 Å². The van der Waals surface area contributed by atoms with Crippen molar-refractivity contribution in [1.29, 1.82) is 0 Å². The second-order valence-corrected chi connectivity index (χ2v) is 4.61. The molecule has 0 aromatic carbocycles. The highest BCUT2D eigenvalue weighted by Gasteiger charge is 2.32. The van der Waals surface area contributed by atoms with Crippen LogP contribution in [0.1, 0.15) is 17.2 Å². The zero-order valence-electron chi connectivity index (χ0n) is 7.61. The third-order valence-corrected chi connectivity index (χ3v) is 3.23. The fourth-order valence-electron chi connectivity index (χ4n) is 1.39. The van der Waals surface area contributed by atoms with Gasteiger partial charge in [-0.2, -0.15) is 13.2 Å². The van der Waals surface area contributed by atoms with Crippen LogP contribution in [0.25, 0.3) is 0 Å². The van der Waals surface area contributed by atoms with Crippen LogP contribution in [0.2, 0.25) is 0 Å². The van der Waals surface area contributed by atoms with E-state index in [0.717, 1.165) is 31.0 Å². The highest BCUT2D eigenvalue weighted by molar-refractivity contribution is 14.1. The molecule has 2 rings (SSSR count). The molecule has 1 aliphatic rings. The minimum Gasteiger partial charge on any atom is -0.315 e. The van der Waals surface area contributed by atoms with Crippen molar-refractivity contribution in [1.82, 2.24) is 10.3 Å². The third-order valence-electron chi connectivity index (χ3n) is 2.37. The van der Waals surface area contributed by atoms with E-state index in [4.69, 9.17) is 0 Å². The molecule has 0 aliphatic carbocycles. The molecule has 0 atom stereocenters. The van der Waals surface area contributed by atoms with Gasteiger partial charge in [-0.05, 0) is 28.7 Å². The summed E-state index contributed by atoms with van der Waals surface area (Å²) in [5.41, 5.74) is 0.0882. The van der Waals surface area contributed by atoms with Crippen molar-refractivity contribution in [3.63, 3.8) is 0 Å². The Bertz CT molecular complexity index is 374. The van der Waals surface area contributed by atoms with E-state index in [1.165, 1.54) is 0 Å². The Morgan fingerprint density at radius 2 is 2.07 bits per heavy atom. The predicted octanol–water partition coefficient (Wildman–Crippen LogP) is 2.39. The first kappa shape index (κ1) is 11.1. The summed E-state index contributed by atoms with van der Waals surface area (Å²) < 4.78 is 37.6. The standard InChI is InChI=1S/C9H8F3IN2/c10-9(11,12)6-1-7(13)8(15-4-6)5-2-14-3-5/h1,4-5,14H,2-3H2. The Hall–Kier alpha value is -0.370. The largest absolute Gasteiger partial charge is 0.417 e. The molecule has 0 radical (unpaired) electrons. The number of pyridine rings is 1. The maximum atomic E-state index is 12.3. The molecule has 1 N–H and O–H groups in total. The molecule has 0 unspecified atom stereocenters. The van der Waals surface area contributed by atoms with Crippen LogP contribution in [0.15, 0.2) is 12.3 Å². The number of rotatable bonds is 1. The van der Waals surface area contributed by atoms with Crippen LogP contribution < -0.4 is 5.32 Å². The van der Waals surface area contributed by atoms with Gasteiger partial charge in [0.2, 0.25) is 0 Å². The highest BCUT2D eigenvalue weighted by atomic mass is 127. The second kappa shape index (κ2) is 3.89. The Balaban J connectivity index is 2.30. The van der Waals surface area contributed by atoms with Crippen LogP contribution in [0.4, 0.5) is 13.2 Å². The molecule has 1 fully saturated rings. The Labute approximate surface area is 98.4 Å². The van der Waals surface area contributed by atoms with Gasteiger partial charge in [-0.15, -0.1) is 0 Å². The van der Waals surface area contributed by atoms with Crippen LogP contribution in [0, 0.1) is 3.57 Å². The van der Waals surface area contributed by atoms with Crippen LogP contribution in [0.3, 0.4) is 0 Å². The van der Waals surface area contributed by atoms with Crippen LogP contribution in [-0.4, -0.2) is 18.1 Å². The highest BCUT2D eigenvalue weighted by Crippen LogP contribution is 2.32. The minimum absolute atomic E-state index is 0.263. The van der Waals surface area contributed by atoms with Gasteiger partial charge >= 0.3 is 6.18 Å². The molecular formula is C9H8F3IN2. The first-order valence-electron chi connectivity index (χ1n) is 4.42. The fourth-order valence-corrected chi connectivity index (χ4v) is 2.30. The molecule has 1 saturated heterocycles. The van der Waals surface area contributed by atoms with E-state index < -0.39 is 11.7 Å². The summed E-state index contributed by atoms with van der Waals surface area (Å²) >= 11 is 1.91. The average Bonchev–Trinajstić information content (AvgIpc) is 2.03. The molecule has 1 aliphatic heterocycles. The van der Waals surface area contributed by atoms with E-state index >= 15 is 0 Å². The molecular weight excluding hydrogens is 320 g/mol. The summed E-state index contributed by atoms with van der Waals surface area (Å²) in [6.07, 6.45) is -3.39. The van der Waals surface area contributed by atoms with Gasteiger partial charge in [-0.3, -0.25) is 4.98 Å². The van der Waals surface area contributed by atoms with Gasteiger partial charge in [0.1, 0.15) is 0 Å².